The van der Waals surface area contributed by atoms with E-state index in [2.05, 4.69) is 4.98 Å². The molecule has 0 amide bonds. The summed E-state index contributed by atoms with van der Waals surface area (Å²) in [5.41, 5.74) is 0.455. The molecule has 0 spiro atoms. The maximum absolute atomic E-state index is 11.7. The summed E-state index contributed by atoms with van der Waals surface area (Å²) in [5.74, 6) is -0.875. The van der Waals surface area contributed by atoms with E-state index in [0.29, 0.717) is 11.4 Å². The Morgan fingerprint density at radius 3 is 2.47 bits per heavy atom. The molecule has 19 heavy (non-hydrogen) atoms. The average Bonchev–Trinajstić information content (AvgIpc) is 2.40. The van der Waals surface area contributed by atoms with Crippen LogP contribution in [0.5, 0.6) is 0 Å². The molecule has 0 fully saturated rings. The summed E-state index contributed by atoms with van der Waals surface area (Å²) in [6.07, 6.45) is 2.00. The van der Waals surface area contributed by atoms with Gasteiger partial charge in [0, 0.05) is 23.3 Å². The van der Waals surface area contributed by atoms with Gasteiger partial charge in [0.2, 0.25) is 0 Å². The quantitative estimate of drug-likeness (QED) is 0.931. The predicted octanol–water partition coefficient (Wildman–Crippen LogP) is 3.32. The van der Waals surface area contributed by atoms with Gasteiger partial charge in [0.1, 0.15) is 0 Å². The lowest BCUT2D eigenvalue weighted by Crippen LogP contribution is -2.35. The Morgan fingerprint density at radius 2 is 1.95 bits per heavy atom. The highest BCUT2D eigenvalue weighted by atomic mass is 35.5. The molecule has 1 heterocycles. The molecular formula is C15H14ClNO2. The Kier molecular flexibility index (Phi) is 3.86. The van der Waals surface area contributed by atoms with Crippen molar-refractivity contribution in [3.63, 3.8) is 0 Å². The van der Waals surface area contributed by atoms with Crippen molar-refractivity contribution in [3.05, 3.63) is 64.9 Å². The molecule has 4 heteroatoms. The van der Waals surface area contributed by atoms with Crippen molar-refractivity contribution in [1.82, 2.24) is 4.98 Å². The maximum Gasteiger partial charge on any atom is 0.314 e. The van der Waals surface area contributed by atoms with Crippen LogP contribution in [0.2, 0.25) is 5.02 Å². The van der Waals surface area contributed by atoms with E-state index in [-0.39, 0.29) is 0 Å². The van der Waals surface area contributed by atoms with Gasteiger partial charge < -0.3 is 5.11 Å². The summed E-state index contributed by atoms with van der Waals surface area (Å²) in [5, 5.41) is 10.1. The first-order valence-electron chi connectivity index (χ1n) is 5.92. The second kappa shape index (κ2) is 5.41. The molecule has 1 unspecified atom stereocenters. The number of carbonyl (C=O) groups is 1. The third-order valence-electron chi connectivity index (χ3n) is 3.21. The Morgan fingerprint density at radius 1 is 1.26 bits per heavy atom. The summed E-state index contributed by atoms with van der Waals surface area (Å²) >= 11 is 5.84. The first-order valence-corrected chi connectivity index (χ1v) is 6.29. The third kappa shape index (κ3) is 2.93. The fourth-order valence-corrected chi connectivity index (χ4v) is 2.11. The van der Waals surface area contributed by atoms with Crippen LogP contribution in [0.3, 0.4) is 0 Å². The van der Waals surface area contributed by atoms with Crippen molar-refractivity contribution in [2.45, 2.75) is 18.8 Å². The number of halogens is 1. The average molecular weight is 276 g/mol. The standard InChI is InChI=1S/C15H14ClNO2/c1-15(14(18)19,10-13-4-2-3-9-17-13)11-5-7-12(16)8-6-11/h2-9H,10H2,1H3,(H,18,19). The maximum atomic E-state index is 11.7. The van der Waals surface area contributed by atoms with Crippen molar-refractivity contribution >= 4 is 17.6 Å². The van der Waals surface area contributed by atoms with Gasteiger partial charge in [0.25, 0.3) is 0 Å². The predicted molar refractivity (Wildman–Crippen MR) is 74.4 cm³/mol. The number of pyridine rings is 1. The van der Waals surface area contributed by atoms with Crippen molar-refractivity contribution in [2.24, 2.45) is 0 Å². The van der Waals surface area contributed by atoms with Gasteiger partial charge in [0.15, 0.2) is 0 Å². The van der Waals surface area contributed by atoms with Crippen LogP contribution < -0.4 is 0 Å². The summed E-state index contributed by atoms with van der Waals surface area (Å²) in [6.45, 7) is 1.70. The third-order valence-corrected chi connectivity index (χ3v) is 3.47. The van der Waals surface area contributed by atoms with Crippen LogP contribution >= 0.6 is 11.6 Å². The number of aliphatic carboxylic acids is 1. The molecule has 0 saturated carbocycles. The van der Waals surface area contributed by atoms with Crippen molar-refractivity contribution in [3.8, 4) is 0 Å². The van der Waals surface area contributed by atoms with Gasteiger partial charge in [-0.1, -0.05) is 29.8 Å². The highest BCUT2D eigenvalue weighted by Crippen LogP contribution is 2.29. The first-order chi connectivity index (χ1) is 9.02. The van der Waals surface area contributed by atoms with Gasteiger partial charge in [-0.25, -0.2) is 0 Å². The molecule has 0 aliphatic heterocycles. The van der Waals surface area contributed by atoms with Gasteiger partial charge in [-0.15, -0.1) is 0 Å². The number of aromatic nitrogens is 1. The number of benzene rings is 1. The molecule has 0 saturated heterocycles. The lowest BCUT2D eigenvalue weighted by atomic mass is 9.78. The second-order valence-electron chi connectivity index (χ2n) is 4.64. The lowest BCUT2D eigenvalue weighted by molar-refractivity contribution is -0.143. The number of rotatable bonds is 4. The van der Waals surface area contributed by atoms with Crippen molar-refractivity contribution in [1.29, 1.82) is 0 Å². The Balaban J connectivity index is 2.38. The van der Waals surface area contributed by atoms with Crippen LogP contribution in [0.4, 0.5) is 0 Å². The Bertz CT molecular complexity index is 568. The van der Waals surface area contributed by atoms with Crippen LogP contribution in [-0.4, -0.2) is 16.1 Å². The molecule has 1 atom stereocenters. The number of carboxylic acid groups (broad SMARTS) is 1. The summed E-state index contributed by atoms with van der Waals surface area (Å²) in [7, 11) is 0. The first kappa shape index (κ1) is 13.6. The van der Waals surface area contributed by atoms with Gasteiger partial charge in [0.05, 0.1) is 5.41 Å². The monoisotopic (exact) mass is 275 g/mol. The molecule has 0 bridgehead atoms. The molecule has 0 aliphatic rings. The van der Waals surface area contributed by atoms with Crippen molar-refractivity contribution < 1.29 is 9.90 Å². The topological polar surface area (TPSA) is 50.2 Å². The van der Waals surface area contributed by atoms with E-state index < -0.39 is 11.4 Å². The number of carboxylic acids is 1. The number of nitrogens with zero attached hydrogens (tertiary/aromatic N) is 1. The normalized spacial score (nSPS) is 13.8. The highest BCUT2D eigenvalue weighted by molar-refractivity contribution is 6.30. The lowest BCUT2D eigenvalue weighted by Gasteiger charge is -2.25. The molecule has 0 radical (unpaired) electrons. The van der Waals surface area contributed by atoms with E-state index in [1.807, 2.05) is 18.2 Å². The van der Waals surface area contributed by atoms with Crippen LogP contribution in [0.15, 0.2) is 48.7 Å². The molecular weight excluding hydrogens is 262 g/mol. The largest absolute Gasteiger partial charge is 0.481 e. The van der Waals surface area contributed by atoms with Crippen LogP contribution in [0.25, 0.3) is 0 Å². The SMILES string of the molecule is CC(Cc1ccccn1)(C(=O)O)c1ccc(Cl)cc1. The molecule has 0 aliphatic carbocycles. The molecule has 2 rings (SSSR count). The minimum Gasteiger partial charge on any atom is -0.481 e. The van der Waals surface area contributed by atoms with E-state index >= 15 is 0 Å². The second-order valence-corrected chi connectivity index (χ2v) is 5.08. The minimum absolute atomic E-state index is 0.338. The molecule has 3 nitrogen and oxygen atoms in total. The van der Waals surface area contributed by atoms with E-state index in [1.54, 1.807) is 37.4 Å². The van der Waals surface area contributed by atoms with E-state index in [9.17, 15) is 9.90 Å². The van der Waals surface area contributed by atoms with Gasteiger partial charge in [-0.2, -0.15) is 0 Å². The van der Waals surface area contributed by atoms with Crippen molar-refractivity contribution in [2.75, 3.05) is 0 Å². The number of hydrogen-bond acceptors (Lipinski definition) is 2. The molecule has 1 N–H and O–H groups in total. The van der Waals surface area contributed by atoms with Gasteiger partial charge in [-0.3, -0.25) is 9.78 Å². The molecule has 1 aromatic carbocycles. The Labute approximate surface area is 116 Å². The Hall–Kier alpha value is -1.87. The van der Waals surface area contributed by atoms with E-state index in [1.165, 1.54) is 0 Å². The summed E-state index contributed by atoms with van der Waals surface area (Å²) in [4.78, 5) is 15.9. The zero-order valence-corrected chi connectivity index (χ0v) is 11.3. The summed E-state index contributed by atoms with van der Waals surface area (Å²) < 4.78 is 0. The van der Waals surface area contributed by atoms with Crippen LogP contribution in [0.1, 0.15) is 18.2 Å². The fourth-order valence-electron chi connectivity index (χ4n) is 1.98. The van der Waals surface area contributed by atoms with E-state index in [0.717, 1.165) is 11.3 Å². The fraction of sp³-hybridized carbons (Fsp3) is 0.200. The van der Waals surface area contributed by atoms with Gasteiger partial charge >= 0.3 is 5.97 Å². The minimum atomic E-state index is -1.01. The smallest absolute Gasteiger partial charge is 0.314 e. The number of hydrogen-bond donors (Lipinski definition) is 1. The highest BCUT2D eigenvalue weighted by Gasteiger charge is 2.35. The zero-order valence-electron chi connectivity index (χ0n) is 10.5. The molecule has 98 valence electrons. The zero-order chi connectivity index (χ0) is 13.9. The van der Waals surface area contributed by atoms with E-state index in [4.69, 9.17) is 11.6 Å². The summed E-state index contributed by atoms with van der Waals surface area (Å²) in [6, 6.07) is 12.4. The molecule has 2 aromatic rings. The van der Waals surface area contributed by atoms with Gasteiger partial charge in [-0.05, 0) is 36.8 Å². The van der Waals surface area contributed by atoms with Crippen LogP contribution in [-0.2, 0) is 16.6 Å². The molecule has 1 aromatic heterocycles. The van der Waals surface area contributed by atoms with Crippen LogP contribution in [0, 0.1) is 0 Å².